The second kappa shape index (κ2) is 5.50. The number of imidazole rings is 1. The summed E-state index contributed by atoms with van der Waals surface area (Å²) in [6, 6.07) is 2.50. The van der Waals surface area contributed by atoms with Gasteiger partial charge in [0.15, 0.2) is 0 Å². The topological polar surface area (TPSA) is 30.7 Å². The standard InChI is InChI=1S/C13H18ClN3/c1-3-4-10(2)17-12-6-8-15-9-11(12)16-13(17)5-7-14/h6,8-10H,3-5,7H2,1-2H3. The van der Waals surface area contributed by atoms with Crippen molar-refractivity contribution in [1.29, 1.82) is 0 Å². The zero-order valence-corrected chi connectivity index (χ0v) is 11.1. The summed E-state index contributed by atoms with van der Waals surface area (Å²) in [7, 11) is 0. The van der Waals surface area contributed by atoms with Crippen LogP contribution in [-0.2, 0) is 6.42 Å². The van der Waals surface area contributed by atoms with Crippen LogP contribution in [0.3, 0.4) is 0 Å². The highest BCUT2D eigenvalue weighted by atomic mass is 35.5. The number of nitrogens with zero attached hydrogens (tertiary/aromatic N) is 3. The Balaban J connectivity index is 2.51. The van der Waals surface area contributed by atoms with E-state index in [-0.39, 0.29) is 0 Å². The molecule has 2 rings (SSSR count). The molecule has 3 nitrogen and oxygen atoms in total. The van der Waals surface area contributed by atoms with E-state index >= 15 is 0 Å². The SMILES string of the molecule is CCCC(C)n1c(CCCl)nc2cnccc21. The first-order valence-electron chi connectivity index (χ1n) is 6.14. The third-order valence-electron chi connectivity index (χ3n) is 3.03. The van der Waals surface area contributed by atoms with Gasteiger partial charge in [0, 0.05) is 24.5 Å². The van der Waals surface area contributed by atoms with Crippen LogP contribution in [0.4, 0.5) is 0 Å². The van der Waals surface area contributed by atoms with Gasteiger partial charge in [0.1, 0.15) is 11.3 Å². The van der Waals surface area contributed by atoms with E-state index in [1.807, 2.05) is 18.5 Å². The monoisotopic (exact) mass is 251 g/mol. The highest BCUT2D eigenvalue weighted by molar-refractivity contribution is 6.17. The normalized spacial score (nSPS) is 13.1. The van der Waals surface area contributed by atoms with E-state index in [0.717, 1.165) is 24.2 Å². The van der Waals surface area contributed by atoms with Gasteiger partial charge in [-0.15, -0.1) is 11.6 Å². The summed E-state index contributed by atoms with van der Waals surface area (Å²) in [4.78, 5) is 8.75. The quantitative estimate of drug-likeness (QED) is 0.761. The van der Waals surface area contributed by atoms with Crippen molar-refractivity contribution in [1.82, 2.24) is 14.5 Å². The van der Waals surface area contributed by atoms with E-state index in [2.05, 4.69) is 28.4 Å². The lowest BCUT2D eigenvalue weighted by atomic mass is 10.2. The molecule has 0 aliphatic carbocycles. The van der Waals surface area contributed by atoms with Crippen molar-refractivity contribution < 1.29 is 0 Å². The number of pyridine rings is 1. The van der Waals surface area contributed by atoms with Crippen molar-refractivity contribution in [2.75, 3.05) is 5.88 Å². The largest absolute Gasteiger partial charge is 0.325 e. The van der Waals surface area contributed by atoms with E-state index in [1.165, 1.54) is 11.9 Å². The molecule has 1 unspecified atom stereocenters. The van der Waals surface area contributed by atoms with Crippen LogP contribution in [0.1, 0.15) is 38.6 Å². The van der Waals surface area contributed by atoms with Crippen LogP contribution in [0.15, 0.2) is 18.5 Å². The van der Waals surface area contributed by atoms with E-state index in [9.17, 15) is 0 Å². The number of fused-ring (bicyclic) bond motifs is 1. The summed E-state index contributed by atoms with van der Waals surface area (Å²) >= 11 is 5.85. The first-order valence-corrected chi connectivity index (χ1v) is 6.68. The molecule has 0 radical (unpaired) electrons. The molecule has 0 bridgehead atoms. The number of alkyl halides is 1. The maximum absolute atomic E-state index is 5.85. The highest BCUT2D eigenvalue weighted by Gasteiger charge is 2.14. The van der Waals surface area contributed by atoms with Crippen molar-refractivity contribution in [3.63, 3.8) is 0 Å². The first kappa shape index (κ1) is 12.4. The number of hydrogen-bond acceptors (Lipinski definition) is 2. The second-order valence-corrected chi connectivity index (χ2v) is 4.72. The lowest BCUT2D eigenvalue weighted by Crippen LogP contribution is -2.09. The zero-order valence-electron chi connectivity index (χ0n) is 10.4. The van der Waals surface area contributed by atoms with E-state index in [0.29, 0.717) is 11.9 Å². The molecule has 0 spiro atoms. The Bertz CT molecular complexity index is 492. The predicted molar refractivity (Wildman–Crippen MR) is 71.6 cm³/mol. The van der Waals surface area contributed by atoms with Gasteiger partial charge in [-0.05, 0) is 19.4 Å². The van der Waals surface area contributed by atoms with Crippen molar-refractivity contribution in [2.45, 2.75) is 39.2 Å². The Labute approximate surface area is 107 Å². The zero-order chi connectivity index (χ0) is 12.3. The molecule has 1 atom stereocenters. The highest BCUT2D eigenvalue weighted by Crippen LogP contribution is 2.23. The summed E-state index contributed by atoms with van der Waals surface area (Å²) in [5.74, 6) is 1.68. The minimum atomic E-state index is 0.464. The van der Waals surface area contributed by atoms with Gasteiger partial charge in [-0.25, -0.2) is 4.98 Å². The summed E-state index contributed by atoms with van der Waals surface area (Å²) in [5, 5.41) is 0. The fourth-order valence-corrected chi connectivity index (χ4v) is 2.47. The Morgan fingerprint density at radius 2 is 2.29 bits per heavy atom. The van der Waals surface area contributed by atoms with Crippen molar-refractivity contribution in [3.05, 3.63) is 24.3 Å². The third kappa shape index (κ3) is 2.44. The van der Waals surface area contributed by atoms with Crippen LogP contribution in [0, 0.1) is 0 Å². The van der Waals surface area contributed by atoms with Gasteiger partial charge < -0.3 is 4.57 Å². The van der Waals surface area contributed by atoms with Crippen LogP contribution in [0.25, 0.3) is 11.0 Å². The Morgan fingerprint density at radius 3 is 3.00 bits per heavy atom. The molecule has 92 valence electrons. The average Bonchev–Trinajstić information content (AvgIpc) is 2.67. The maximum Gasteiger partial charge on any atom is 0.111 e. The van der Waals surface area contributed by atoms with Crippen LogP contribution < -0.4 is 0 Å². The van der Waals surface area contributed by atoms with E-state index in [4.69, 9.17) is 11.6 Å². The van der Waals surface area contributed by atoms with Crippen molar-refractivity contribution in [3.8, 4) is 0 Å². The molecule has 2 aromatic rings. The number of halogens is 1. The third-order valence-corrected chi connectivity index (χ3v) is 3.22. The van der Waals surface area contributed by atoms with Gasteiger partial charge in [-0.2, -0.15) is 0 Å². The van der Waals surface area contributed by atoms with Crippen LogP contribution in [-0.4, -0.2) is 20.4 Å². The summed E-state index contributed by atoms with van der Waals surface area (Å²) < 4.78 is 2.31. The molecule has 0 aromatic carbocycles. The molecule has 0 aliphatic rings. The maximum atomic E-state index is 5.85. The molecule has 0 saturated heterocycles. The Hall–Kier alpha value is -1.09. The van der Waals surface area contributed by atoms with Gasteiger partial charge in [0.05, 0.1) is 11.7 Å². The summed E-state index contributed by atoms with van der Waals surface area (Å²) in [5.41, 5.74) is 2.14. The molecule has 2 heterocycles. The minimum Gasteiger partial charge on any atom is -0.325 e. The molecule has 0 amide bonds. The second-order valence-electron chi connectivity index (χ2n) is 4.34. The molecule has 0 aliphatic heterocycles. The molecule has 2 aromatic heterocycles. The fourth-order valence-electron chi connectivity index (χ4n) is 2.30. The molecular weight excluding hydrogens is 234 g/mol. The first-order chi connectivity index (χ1) is 8.27. The lowest BCUT2D eigenvalue weighted by Gasteiger charge is -2.16. The average molecular weight is 252 g/mol. The van der Waals surface area contributed by atoms with Gasteiger partial charge in [0.25, 0.3) is 0 Å². The number of hydrogen-bond donors (Lipinski definition) is 0. The molecule has 0 saturated carbocycles. The van der Waals surface area contributed by atoms with Gasteiger partial charge in [0.2, 0.25) is 0 Å². The molecular formula is C13H18ClN3. The smallest absolute Gasteiger partial charge is 0.111 e. The lowest BCUT2D eigenvalue weighted by molar-refractivity contribution is 0.496. The van der Waals surface area contributed by atoms with Gasteiger partial charge >= 0.3 is 0 Å². The Morgan fingerprint density at radius 1 is 1.47 bits per heavy atom. The summed E-state index contributed by atoms with van der Waals surface area (Å²) in [6.07, 6.45) is 6.78. The van der Waals surface area contributed by atoms with E-state index in [1.54, 1.807) is 0 Å². The molecule has 0 fully saturated rings. The van der Waals surface area contributed by atoms with Crippen LogP contribution in [0.5, 0.6) is 0 Å². The van der Waals surface area contributed by atoms with Gasteiger partial charge in [-0.3, -0.25) is 4.98 Å². The number of aryl methyl sites for hydroxylation is 1. The molecule has 0 N–H and O–H groups in total. The number of rotatable bonds is 5. The minimum absolute atomic E-state index is 0.464. The van der Waals surface area contributed by atoms with E-state index < -0.39 is 0 Å². The van der Waals surface area contributed by atoms with Crippen molar-refractivity contribution >= 4 is 22.6 Å². The number of aromatic nitrogens is 3. The van der Waals surface area contributed by atoms with Crippen molar-refractivity contribution in [2.24, 2.45) is 0 Å². The summed E-state index contributed by atoms with van der Waals surface area (Å²) in [6.45, 7) is 4.45. The molecule has 17 heavy (non-hydrogen) atoms. The Kier molecular flexibility index (Phi) is 4.00. The van der Waals surface area contributed by atoms with Crippen LogP contribution in [0.2, 0.25) is 0 Å². The molecule has 4 heteroatoms. The fraction of sp³-hybridized carbons (Fsp3) is 0.538. The van der Waals surface area contributed by atoms with Crippen LogP contribution >= 0.6 is 11.6 Å². The van der Waals surface area contributed by atoms with Gasteiger partial charge in [-0.1, -0.05) is 13.3 Å². The predicted octanol–water partition coefficient (Wildman–Crippen LogP) is 3.57.